The summed E-state index contributed by atoms with van der Waals surface area (Å²) in [6.07, 6.45) is 0.692. The number of ether oxygens (including phenoxy) is 4. The number of amides is 3. The van der Waals surface area contributed by atoms with Crippen molar-refractivity contribution >= 4 is 17.9 Å². The molecule has 2 heterocycles. The second-order valence-corrected chi connectivity index (χ2v) is 12.0. The number of fused-ring (bicyclic) bond motifs is 2. The molecule has 46 heavy (non-hydrogen) atoms. The SMILES string of the molecule is COc1ccc(COC(=O)C2CC2[C@@]2(CC3c4ccccc4Oc4ccccc43)NC(=O)N(Cc3ccc(OC)cc3)C2=O)cc1. The van der Waals surface area contributed by atoms with E-state index in [1.165, 1.54) is 4.90 Å². The van der Waals surface area contributed by atoms with Crippen molar-refractivity contribution < 1.29 is 33.3 Å². The summed E-state index contributed by atoms with van der Waals surface area (Å²) >= 11 is 0. The first-order chi connectivity index (χ1) is 22.4. The molecule has 2 unspecified atom stereocenters. The van der Waals surface area contributed by atoms with Gasteiger partial charge in [-0.25, -0.2) is 4.79 Å². The van der Waals surface area contributed by atoms with Gasteiger partial charge in [-0.2, -0.15) is 0 Å². The fraction of sp³-hybridized carbons (Fsp3) is 0.270. The van der Waals surface area contributed by atoms with Crippen LogP contribution in [0.2, 0.25) is 0 Å². The van der Waals surface area contributed by atoms with Crippen molar-refractivity contribution in [3.63, 3.8) is 0 Å². The summed E-state index contributed by atoms with van der Waals surface area (Å²) in [6.45, 7) is 0.195. The Morgan fingerprint density at radius 2 is 1.39 bits per heavy atom. The minimum absolute atomic E-state index is 0.0939. The number of hydrogen-bond acceptors (Lipinski definition) is 7. The Balaban J connectivity index is 1.19. The number of carbonyl (C=O) groups excluding carboxylic acids is 3. The van der Waals surface area contributed by atoms with Gasteiger partial charge in [0.2, 0.25) is 0 Å². The molecule has 2 aliphatic heterocycles. The van der Waals surface area contributed by atoms with E-state index in [9.17, 15) is 14.4 Å². The largest absolute Gasteiger partial charge is 0.497 e. The zero-order valence-electron chi connectivity index (χ0n) is 25.6. The quantitative estimate of drug-likeness (QED) is 0.167. The van der Waals surface area contributed by atoms with Crippen LogP contribution in [-0.4, -0.2) is 42.6 Å². The predicted molar refractivity (Wildman–Crippen MR) is 169 cm³/mol. The lowest BCUT2D eigenvalue weighted by molar-refractivity contribution is -0.147. The lowest BCUT2D eigenvalue weighted by Crippen LogP contribution is -2.51. The van der Waals surface area contributed by atoms with Crippen LogP contribution < -0.4 is 19.5 Å². The molecule has 1 saturated carbocycles. The lowest BCUT2D eigenvalue weighted by Gasteiger charge is -2.35. The van der Waals surface area contributed by atoms with Crippen molar-refractivity contribution in [2.75, 3.05) is 14.2 Å². The van der Waals surface area contributed by atoms with Gasteiger partial charge in [0.25, 0.3) is 5.91 Å². The summed E-state index contributed by atoms with van der Waals surface area (Å²) < 4.78 is 22.4. The van der Waals surface area contributed by atoms with Crippen molar-refractivity contribution in [2.24, 2.45) is 11.8 Å². The van der Waals surface area contributed by atoms with Crippen molar-refractivity contribution in [1.82, 2.24) is 10.2 Å². The molecule has 9 heteroatoms. The van der Waals surface area contributed by atoms with Crippen LogP contribution in [0.25, 0.3) is 0 Å². The van der Waals surface area contributed by atoms with Crippen LogP contribution in [0.5, 0.6) is 23.0 Å². The maximum absolute atomic E-state index is 14.6. The van der Waals surface area contributed by atoms with Gasteiger partial charge >= 0.3 is 12.0 Å². The molecule has 0 radical (unpaired) electrons. The summed E-state index contributed by atoms with van der Waals surface area (Å²) in [5, 5.41) is 3.10. The van der Waals surface area contributed by atoms with E-state index < -0.39 is 23.4 Å². The van der Waals surface area contributed by atoms with Gasteiger partial charge < -0.3 is 24.3 Å². The Kier molecular flexibility index (Phi) is 7.60. The number of methoxy groups -OCH3 is 2. The molecule has 9 nitrogen and oxygen atoms in total. The van der Waals surface area contributed by atoms with Crippen LogP contribution in [-0.2, 0) is 27.5 Å². The van der Waals surface area contributed by atoms with E-state index >= 15 is 0 Å². The van der Waals surface area contributed by atoms with Gasteiger partial charge in [-0.3, -0.25) is 14.5 Å². The standard InChI is InChI=1S/C37H34N2O7/c1-43-25-15-11-23(12-16-25)21-39-35(41)37(38-36(39)42,31-19-29(31)34(40)45-22-24-13-17-26(44-2)18-14-24)20-30-27-7-3-5-9-32(27)46-33-10-6-4-8-28(30)33/h3-18,29-31H,19-22H2,1-2H3,(H,38,42)/t29?,31?,37-/m1/s1. The summed E-state index contributed by atoms with van der Waals surface area (Å²) in [7, 11) is 3.18. The number of benzene rings is 4. The van der Waals surface area contributed by atoms with Gasteiger partial charge in [0.05, 0.1) is 26.7 Å². The minimum atomic E-state index is -1.32. The molecule has 3 aliphatic rings. The highest BCUT2D eigenvalue weighted by Gasteiger charge is 2.66. The van der Waals surface area contributed by atoms with Crippen molar-refractivity contribution in [2.45, 2.75) is 37.5 Å². The summed E-state index contributed by atoms with van der Waals surface area (Å²) in [6, 6.07) is 29.6. The van der Waals surface area contributed by atoms with Gasteiger partial charge in [-0.1, -0.05) is 60.7 Å². The Labute approximate surface area is 267 Å². The van der Waals surface area contributed by atoms with Crippen LogP contribution in [0.15, 0.2) is 97.1 Å². The topological polar surface area (TPSA) is 103 Å². The number of hydrogen-bond donors (Lipinski definition) is 1. The molecule has 1 aliphatic carbocycles. The van der Waals surface area contributed by atoms with E-state index in [4.69, 9.17) is 18.9 Å². The number of nitrogens with one attached hydrogen (secondary N) is 1. The second-order valence-electron chi connectivity index (χ2n) is 12.0. The van der Waals surface area contributed by atoms with E-state index in [-0.39, 0.29) is 37.4 Å². The molecular weight excluding hydrogens is 584 g/mol. The lowest BCUT2D eigenvalue weighted by atomic mass is 9.75. The van der Waals surface area contributed by atoms with Crippen LogP contribution in [0.3, 0.4) is 0 Å². The van der Waals surface area contributed by atoms with E-state index in [1.54, 1.807) is 26.4 Å². The van der Waals surface area contributed by atoms with Crippen molar-refractivity contribution in [3.8, 4) is 23.0 Å². The van der Waals surface area contributed by atoms with E-state index in [0.29, 0.717) is 29.4 Å². The van der Waals surface area contributed by atoms with E-state index in [0.717, 1.165) is 22.3 Å². The van der Waals surface area contributed by atoms with Crippen LogP contribution in [0.4, 0.5) is 4.79 Å². The third-order valence-corrected chi connectivity index (χ3v) is 9.30. The highest BCUT2D eigenvalue weighted by atomic mass is 16.5. The Hall–Kier alpha value is -5.31. The zero-order valence-corrected chi connectivity index (χ0v) is 25.6. The highest BCUT2D eigenvalue weighted by Crippen LogP contribution is 2.56. The maximum Gasteiger partial charge on any atom is 0.325 e. The molecule has 4 aromatic rings. The van der Waals surface area contributed by atoms with Gasteiger partial charge in [-0.15, -0.1) is 0 Å². The summed E-state index contributed by atoms with van der Waals surface area (Å²) in [5.41, 5.74) is 2.14. The number of imide groups is 1. The first-order valence-corrected chi connectivity index (χ1v) is 15.3. The molecule has 1 saturated heterocycles. The molecule has 7 rings (SSSR count). The van der Waals surface area contributed by atoms with Gasteiger partial charge in [0.1, 0.15) is 35.1 Å². The monoisotopic (exact) mass is 618 g/mol. The maximum atomic E-state index is 14.6. The number of carbonyl (C=O) groups is 3. The number of para-hydroxylation sites is 2. The van der Waals surface area contributed by atoms with E-state index in [2.05, 4.69) is 5.32 Å². The second kappa shape index (κ2) is 11.9. The van der Waals surface area contributed by atoms with E-state index in [1.807, 2.05) is 84.9 Å². The Morgan fingerprint density at radius 1 is 0.826 bits per heavy atom. The van der Waals surface area contributed by atoms with Gasteiger partial charge in [0.15, 0.2) is 0 Å². The number of esters is 1. The Bertz CT molecular complexity index is 1740. The predicted octanol–water partition coefficient (Wildman–Crippen LogP) is 6.20. The van der Waals surface area contributed by atoms with Crippen molar-refractivity contribution in [3.05, 3.63) is 119 Å². The average Bonchev–Trinajstić information content (AvgIpc) is 3.87. The molecule has 4 aromatic carbocycles. The zero-order chi connectivity index (χ0) is 31.8. The molecular formula is C37H34N2O7. The summed E-state index contributed by atoms with van der Waals surface area (Å²) in [4.78, 5) is 42.9. The summed E-state index contributed by atoms with van der Waals surface area (Å²) in [5.74, 6) is 0.853. The van der Waals surface area contributed by atoms with Crippen LogP contribution in [0, 0.1) is 11.8 Å². The first kappa shape index (κ1) is 29.4. The minimum Gasteiger partial charge on any atom is -0.497 e. The van der Waals surface area contributed by atoms with Gasteiger partial charge in [0, 0.05) is 23.0 Å². The molecule has 0 spiro atoms. The fourth-order valence-electron chi connectivity index (χ4n) is 6.78. The van der Waals surface area contributed by atoms with Crippen LogP contribution in [0.1, 0.15) is 41.0 Å². The first-order valence-electron chi connectivity index (χ1n) is 15.3. The molecule has 3 atom stereocenters. The molecule has 3 amide bonds. The highest BCUT2D eigenvalue weighted by molar-refractivity contribution is 6.08. The van der Waals surface area contributed by atoms with Gasteiger partial charge in [-0.05, 0) is 60.4 Å². The molecule has 2 fully saturated rings. The number of nitrogens with zero attached hydrogens (tertiary/aromatic N) is 1. The molecule has 0 aromatic heterocycles. The smallest absolute Gasteiger partial charge is 0.325 e. The molecule has 0 bridgehead atoms. The average molecular weight is 619 g/mol. The fourth-order valence-corrected chi connectivity index (χ4v) is 6.78. The van der Waals surface area contributed by atoms with Crippen LogP contribution >= 0.6 is 0 Å². The van der Waals surface area contributed by atoms with Crippen molar-refractivity contribution in [1.29, 1.82) is 0 Å². The number of rotatable bonds is 10. The molecule has 234 valence electrons. The third kappa shape index (κ3) is 5.31. The Morgan fingerprint density at radius 3 is 1.98 bits per heavy atom. The molecule has 1 N–H and O–H groups in total. The third-order valence-electron chi connectivity index (χ3n) is 9.30. The number of urea groups is 1. The normalized spacial score (nSPS) is 21.5.